The van der Waals surface area contributed by atoms with E-state index in [-0.39, 0.29) is 41.7 Å². The normalized spacial score (nSPS) is 33.0. The van der Waals surface area contributed by atoms with Gasteiger partial charge in [-0.1, -0.05) is 90.6 Å². The fourth-order valence-electron chi connectivity index (χ4n) is 6.37. The molecule has 3 aromatic carbocycles. The molecule has 0 aromatic heterocycles. The highest BCUT2D eigenvalue weighted by molar-refractivity contribution is 7.99. The monoisotopic (exact) mass is 662 g/mol. The third-order valence-electron chi connectivity index (χ3n) is 8.92. The Morgan fingerprint density at radius 3 is 1.79 bits per heavy atom. The Bertz CT molecular complexity index is 1380. The minimum absolute atomic E-state index is 0.0799. The van der Waals surface area contributed by atoms with Crippen molar-refractivity contribution in [2.45, 2.75) is 125 Å². The smallest absolute Gasteiger partial charge is 0.161 e. The molecule has 6 rings (SSSR count). The number of ketones is 1. The first kappa shape index (κ1) is 34.3. The Kier molecular flexibility index (Phi) is 12.2. The highest BCUT2D eigenvalue weighted by Crippen LogP contribution is 2.37. The summed E-state index contributed by atoms with van der Waals surface area (Å²) in [6.07, 6.45) is -1.37. The maximum atomic E-state index is 12.1. The molecule has 0 amide bonds. The lowest BCUT2D eigenvalue weighted by molar-refractivity contribution is -0.321. The third-order valence-corrected chi connectivity index (χ3v) is 10.0. The maximum Gasteiger partial charge on any atom is 0.161 e. The van der Waals surface area contributed by atoms with E-state index in [1.54, 1.807) is 18.7 Å². The number of ether oxygens (including phenoxy) is 7. The van der Waals surface area contributed by atoms with Crippen LogP contribution < -0.4 is 0 Å². The van der Waals surface area contributed by atoms with Crippen LogP contribution >= 0.6 is 11.8 Å². The van der Waals surface area contributed by atoms with Crippen molar-refractivity contribution in [2.75, 3.05) is 0 Å². The van der Waals surface area contributed by atoms with Gasteiger partial charge in [-0.3, -0.25) is 4.79 Å². The molecule has 3 aromatic rings. The lowest BCUT2D eigenvalue weighted by atomic mass is 9.99. The standard InChI is InChI=1S/C38H46O8S/c1-25-31(39)19-20-34(42-25)45-37-26(2)43-35(21-32(37)40-23-28-13-7-4-8-14-28)46-38-27(3)44-36(47-30-17-11-6-12-18-30)22-33(38)41-24-29-15-9-5-10-16-29/h4-18,25-27,32-38H,19-24H2,1-3H3. The lowest BCUT2D eigenvalue weighted by Crippen LogP contribution is -2.55. The number of benzene rings is 3. The molecule has 8 nitrogen and oxygen atoms in total. The van der Waals surface area contributed by atoms with Crippen LogP contribution in [-0.2, 0) is 51.2 Å². The van der Waals surface area contributed by atoms with Crippen molar-refractivity contribution in [1.82, 2.24) is 0 Å². The van der Waals surface area contributed by atoms with Gasteiger partial charge in [-0.15, -0.1) is 0 Å². The van der Waals surface area contributed by atoms with Crippen molar-refractivity contribution in [2.24, 2.45) is 0 Å². The van der Waals surface area contributed by atoms with Crippen molar-refractivity contribution < 1.29 is 38.0 Å². The number of hydrogen-bond acceptors (Lipinski definition) is 9. The average molecular weight is 663 g/mol. The van der Waals surface area contributed by atoms with Crippen molar-refractivity contribution in [1.29, 1.82) is 0 Å². The zero-order valence-corrected chi connectivity index (χ0v) is 28.2. The van der Waals surface area contributed by atoms with Gasteiger partial charge in [-0.05, 0) is 44.0 Å². The van der Waals surface area contributed by atoms with Gasteiger partial charge in [0.1, 0.15) is 23.7 Å². The molecule has 0 aliphatic carbocycles. The summed E-state index contributed by atoms with van der Waals surface area (Å²) in [5, 5.41) is 0. The van der Waals surface area contributed by atoms with Crippen molar-refractivity contribution in [3.05, 3.63) is 102 Å². The van der Waals surface area contributed by atoms with Crippen molar-refractivity contribution in [3.63, 3.8) is 0 Å². The molecule has 47 heavy (non-hydrogen) atoms. The van der Waals surface area contributed by atoms with Gasteiger partial charge in [-0.2, -0.15) is 0 Å². The molecule has 3 saturated heterocycles. The van der Waals surface area contributed by atoms with E-state index in [1.165, 1.54) is 0 Å². The van der Waals surface area contributed by atoms with Crippen LogP contribution in [0.25, 0.3) is 0 Å². The number of hydrogen-bond donors (Lipinski definition) is 0. The molecule has 3 aliphatic heterocycles. The van der Waals surface area contributed by atoms with Gasteiger partial charge < -0.3 is 33.2 Å². The SMILES string of the molecule is CC1OC(OC2C(C)OC(OC3C(C)OC(Sc4ccccc4)CC3OCc3ccccc3)CC2OCc2ccccc2)CCC1=O. The summed E-state index contributed by atoms with van der Waals surface area (Å²) in [6, 6.07) is 30.6. The van der Waals surface area contributed by atoms with Crippen LogP contribution in [0.4, 0.5) is 0 Å². The quantitative estimate of drug-likeness (QED) is 0.202. The molecule has 0 spiro atoms. The summed E-state index contributed by atoms with van der Waals surface area (Å²) in [5.74, 6) is 0.0976. The molecule has 0 saturated carbocycles. The molecule has 0 bridgehead atoms. The van der Waals surface area contributed by atoms with Gasteiger partial charge in [0, 0.05) is 30.6 Å². The van der Waals surface area contributed by atoms with Gasteiger partial charge in [0.25, 0.3) is 0 Å². The second-order valence-corrected chi connectivity index (χ2v) is 13.8. The summed E-state index contributed by atoms with van der Waals surface area (Å²) >= 11 is 1.71. The van der Waals surface area contributed by atoms with Gasteiger partial charge in [0.15, 0.2) is 18.4 Å². The molecule has 3 heterocycles. The Morgan fingerprint density at radius 1 is 0.660 bits per heavy atom. The van der Waals surface area contributed by atoms with E-state index in [4.69, 9.17) is 33.2 Å². The van der Waals surface area contributed by atoms with Crippen LogP contribution in [-0.4, -0.2) is 66.5 Å². The molecule has 9 heteroatoms. The maximum absolute atomic E-state index is 12.1. The van der Waals surface area contributed by atoms with Gasteiger partial charge in [0.05, 0.1) is 37.6 Å². The van der Waals surface area contributed by atoms with Crippen LogP contribution in [0, 0.1) is 0 Å². The summed E-state index contributed by atoms with van der Waals surface area (Å²) < 4.78 is 45.3. The number of rotatable bonds is 12. The molecule has 3 aliphatic rings. The first-order chi connectivity index (χ1) is 22.9. The summed E-state index contributed by atoms with van der Waals surface area (Å²) in [6.45, 7) is 6.70. The second-order valence-electron chi connectivity index (χ2n) is 12.5. The first-order valence-electron chi connectivity index (χ1n) is 16.7. The van der Waals surface area contributed by atoms with Crippen molar-refractivity contribution in [3.8, 4) is 0 Å². The number of thioether (sulfide) groups is 1. The highest BCUT2D eigenvalue weighted by atomic mass is 32.2. The zero-order valence-electron chi connectivity index (χ0n) is 27.4. The predicted octanol–water partition coefficient (Wildman–Crippen LogP) is 7.08. The van der Waals surface area contributed by atoms with E-state index in [9.17, 15) is 4.79 Å². The minimum Gasteiger partial charge on any atom is -0.371 e. The van der Waals surface area contributed by atoms with Gasteiger partial charge in [-0.25, -0.2) is 0 Å². The molecule has 0 radical (unpaired) electrons. The summed E-state index contributed by atoms with van der Waals surface area (Å²) in [5.41, 5.74) is 2.10. The van der Waals surface area contributed by atoms with E-state index in [2.05, 4.69) is 24.3 Å². The Balaban J connectivity index is 1.16. The van der Waals surface area contributed by atoms with E-state index in [1.807, 2.05) is 80.6 Å². The van der Waals surface area contributed by atoms with Gasteiger partial charge in [0.2, 0.25) is 0 Å². The molecular formula is C38H46O8S. The molecule has 0 N–H and O–H groups in total. The molecule has 10 atom stereocenters. The topological polar surface area (TPSA) is 81.7 Å². The van der Waals surface area contributed by atoms with E-state index >= 15 is 0 Å². The zero-order chi connectivity index (χ0) is 32.6. The largest absolute Gasteiger partial charge is 0.371 e. The fraction of sp³-hybridized carbons (Fsp3) is 0.500. The van der Waals surface area contributed by atoms with Crippen LogP contribution in [0.1, 0.15) is 57.6 Å². The Labute approximate surface area is 282 Å². The number of carbonyl (C=O) groups excluding carboxylic acids is 1. The van der Waals surface area contributed by atoms with E-state index in [0.29, 0.717) is 38.9 Å². The number of Topliss-reactive ketones (excluding diaryl/α,β-unsaturated/α-hetero) is 1. The summed E-state index contributed by atoms with van der Waals surface area (Å²) in [4.78, 5) is 13.2. The van der Waals surface area contributed by atoms with Gasteiger partial charge >= 0.3 is 0 Å². The lowest BCUT2D eigenvalue weighted by Gasteiger charge is -2.45. The second kappa shape index (κ2) is 16.7. The van der Waals surface area contributed by atoms with Crippen molar-refractivity contribution >= 4 is 17.5 Å². The fourth-order valence-corrected chi connectivity index (χ4v) is 7.51. The predicted molar refractivity (Wildman–Crippen MR) is 179 cm³/mol. The first-order valence-corrected chi connectivity index (χ1v) is 17.6. The molecule has 10 unspecified atom stereocenters. The Hall–Kier alpha value is -2.60. The minimum atomic E-state index is -0.560. The Morgan fingerprint density at radius 2 is 1.19 bits per heavy atom. The van der Waals surface area contributed by atoms with Crippen LogP contribution in [0.3, 0.4) is 0 Å². The molecular weight excluding hydrogens is 616 g/mol. The molecule has 3 fully saturated rings. The summed E-state index contributed by atoms with van der Waals surface area (Å²) in [7, 11) is 0. The highest BCUT2D eigenvalue weighted by Gasteiger charge is 2.45. The van der Waals surface area contributed by atoms with E-state index < -0.39 is 24.8 Å². The number of carbonyl (C=O) groups is 1. The van der Waals surface area contributed by atoms with Crippen LogP contribution in [0.15, 0.2) is 95.9 Å². The van der Waals surface area contributed by atoms with E-state index in [0.717, 1.165) is 16.0 Å². The van der Waals surface area contributed by atoms with Crippen LogP contribution in [0.5, 0.6) is 0 Å². The average Bonchev–Trinajstić information content (AvgIpc) is 3.08. The third kappa shape index (κ3) is 9.52. The van der Waals surface area contributed by atoms with Crippen LogP contribution in [0.2, 0.25) is 0 Å². The molecule has 252 valence electrons.